The normalized spacial score (nSPS) is 11.1. The minimum Gasteiger partial charge on any atom is -0.493 e. The first-order chi connectivity index (χ1) is 14.4. The molecule has 3 aromatic rings. The number of benzene rings is 3. The van der Waals surface area contributed by atoms with Crippen molar-refractivity contribution >= 4 is 15.7 Å². The highest BCUT2D eigenvalue weighted by atomic mass is 32.2. The van der Waals surface area contributed by atoms with Crippen LogP contribution in [-0.2, 0) is 16.6 Å². The maximum Gasteiger partial charge on any atom is 0.264 e. The van der Waals surface area contributed by atoms with Crippen LogP contribution in [0.5, 0.6) is 17.2 Å². The summed E-state index contributed by atoms with van der Waals surface area (Å²) in [6.45, 7) is 2.06. The molecule has 0 atom stereocenters. The van der Waals surface area contributed by atoms with Crippen molar-refractivity contribution in [3.63, 3.8) is 0 Å². The van der Waals surface area contributed by atoms with Gasteiger partial charge in [0.15, 0.2) is 11.5 Å². The van der Waals surface area contributed by atoms with Gasteiger partial charge in [0.05, 0.1) is 38.5 Å². The zero-order valence-corrected chi connectivity index (χ0v) is 18.3. The zero-order chi connectivity index (χ0) is 21.7. The molecule has 3 aromatic carbocycles. The molecule has 158 valence electrons. The van der Waals surface area contributed by atoms with Crippen molar-refractivity contribution in [2.45, 2.75) is 18.4 Å². The fourth-order valence-electron chi connectivity index (χ4n) is 3.11. The maximum atomic E-state index is 13.6. The molecule has 30 heavy (non-hydrogen) atoms. The van der Waals surface area contributed by atoms with Gasteiger partial charge in [0.2, 0.25) is 5.75 Å². The Bertz CT molecular complexity index is 1070. The van der Waals surface area contributed by atoms with Crippen molar-refractivity contribution in [2.24, 2.45) is 0 Å². The second-order valence-corrected chi connectivity index (χ2v) is 8.56. The molecule has 0 fully saturated rings. The molecule has 3 rings (SSSR count). The molecule has 0 amide bonds. The summed E-state index contributed by atoms with van der Waals surface area (Å²) in [7, 11) is 0.642. The minimum atomic E-state index is -3.86. The fourth-order valence-corrected chi connectivity index (χ4v) is 4.55. The van der Waals surface area contributed by atoms with Gasteiger partial charge in [-0.2, -0.15) is 0 Å². The molecule has 0 aromatic heterocycles. The van der Waals surface area contributed by atoms with Gasteiger partial charge in [-0.05, 0) is 24.6 Å². The molecule has 0 spiro atoms. The van der Waals surface area contributed by atoms with Crippen molar-refractivity contribution in [1.82, 2.24) is 0 Å². The third-order valence-electron chi connectivity index (χ3n) is 4.72. The Morgan fingerprint density at radius 1 is 0.800 bits per heavy atom. The first-order valence-electron chi connectivity index (χ1n) is 9.34. The average Bonchev–Trinajstić information content (AvgIpc) is 2.77. The van der Waals surface area contributed by atoms with Crippen LogP contribution in [0.1, 0.15) is 11.1 Å². The van der Waals surface area contributed by atoms with Crippen molar-refractivity contribution in [1.29, 1.82) is 0 Å². The van der Waals surface area contributed by atoms with Gasteiger partial charge < -0.3 is 14.2 Å². The summed E-state index contributed by atoms with van der Waals surface area (Å²) in [4.78, 5) is 0.206. The summed E-state index contributed by atoms with van der Waals surface area (Å²) in [5.41, 5.74) is 2.24. The van der Waals surface area contributed by atoms with Gasteiger partial charge in [0.25, 0.3) is 10.0 Å². The predicted octanol–water partition coefficient (Wildman–Crippen LogP) is 4.42. The van der Waals surface area contributed by atoms with Gasteiger partial charge in [-0.3, -0.25) is 4.31 Å². The second-order valence-electron chi connectivity index (χ2n) is 6.69. The first-order valence-corrected chi connectivity index (χ1v) is 10.8. The Kier molecular flexibility index (Phi) is 6.52. The number of rotatable bonds is 8. The van der Waals surface area contributed by atoms with E-state index in [1.807, 2.05) is 37.3 Å². The number of hydrogen-bond donors (Lipinski definition) is 0. The largest absolute Gasteiger partial charge is 0.493 e. The van der Waals surface area contributed by atoms with Crippen LogP contribution in [0.25, 0.3) is 0 Å². The van der Waals surface area contributed by atoms with Crippen molar-refractivity contribution < 1.29 is 22.6 Å². The van der Waals surface area contributed by atoms with Gasteiger partial charge in [0.1, 0.15) is 0 Å². The van der Waals surface area contributed by atoms with Crippen LogP contribution < -0.4 is 18.5 Å². The van der Waals surface area contributed by atoms with E-state index in [1.165, 1.54) is 25.6 Å². The van der Waals surface area contributed by atoms with Gasteiger partial charge >= 0.3 is 0 Å². The van der Waals surface area contributed by atoms with E-state index in [9.17, 15) is 8.42 Å². The Morgan fingerprint density at radius 3 is 1.87 bits per heavy atom. The molecule has 0 aliphatic rings. The van der Waals surface area contributed by atoms with Gasteiger partial charge in [-0.15, -0.1) is 0 Å². The molecular formula is C23H25NO5S. The van der Waals surface area contributed by atoms with Crippen LogP contribution in [0.15, 0.2) is 71.6 Å². The van der Waals surface area contributed by atoms with E-state index < -0.39 is 10.0 Å². The third kappa shape index (κ3) is 4.36. The molecule has 0 radical (unpaired) electrons. The predicted molar refractivity (Wildman–Crippen MR) is 117 cm³/mol. The quantitative estimate of drug-likeness (QED) is 0.533. The van der Waals surface area contributed by atoms with Gasteiger partial charge in [-0.1, -0.05) is 48.0 Å². The number of nitrogens with zero attached hydrogens (tertiary/aromatic N) is 1. The summed E-state index contributed by atoms with van der Waals surface area (Å²) >= 11 is 0. The highest BCUT2D eigenvalue weighted by Crippen LogP contribution is 2.42. The van der Waals surface area contributed by atoms with E-state index in [-0.39, 0.29) is 11.4 Å². The number of ether oxygens (including phenoxy) is 3. The molecule has 0 unspecified atom stereocenters. The van der Waals surface area contributed by atoms with E-state index in [0.29, 0.717) is 22.9 Å². The van der Waals surface area contributed by atoms with Crippen LogP contribution >= 0.6 is 0 Å². The van der Waals surface area contributed by atoms with E-state index in [0.717, 1.165) is 11.1 Å². The standard InChI is InChI=1S/C23H25NO5S/c1-17-10-12-20(13-11-17)30(25,26)24(16-18-8-6-5-7-9-18)19-14-21(27-2)23(29-4)22(15-19)28-3/h5-15H,16H2,1-4H3. The number of hydrogen-bond acceptors (Lipinski definition) is 5. The Hall–Kier alpha value is -3.19. The summed E-state index contributed by atoms with van der Waals surface area (Å²) < 4.78 is 44.8. The summed E-state index contributed by atoms with van der Waals surface area (Å²) in [5.74, 6) is 1.16. The summed E-state index contributed by atoms with van der Waals surface area (Å²) in [6, 6.07) is 19.5. The second kappa shape index (κ2) is 9.09. The fraction of sp³-hybridized carbons (Fsp3) is 0.217. The van der Waals surface area contributed by atoms with Crippen LogP contribution in [0.3, 0.4) is 0 Å². The molecule has 0 saturated heterocycles. The van der Waals surface area contributed by atoms with E-state index >= 15 is 0 Å². The average molecular weight is 428 g/mol. The van der Waals surface area contributed by atoms with Crippen LogP contribution in [0, 0.1) is 6.92 Å². The molecule has 0 aliphatic carbocycles. The molecular weight excluding hydrogens is 402 g/mol. The van der Waals surface area contributed by atoms with Crippen LogP contribution in [0.4, 0.5) is 5.69 Å². The Balaban J connectivity index is 2.18. The first kappa shape index (κ1) is 21.5. The Morgan fingerprint density at radius 2 is 1.37 bits per heavy atom. The summed E-state index contributed by atoms with van der Waals surface area (Å²) in [5, 5.41) is 0. The van der Waals surface area contributed by atoms with Crippen LogP contribution in [-0.4, -0.2) is 29.7 Å². The van der Waals surface area contributed by atoms with Crippen molar-refractivity contribution in [2.75, 3.05) is 25.6 Å². The molecule has 6 nitrogen and oxygen atoms in total. The zero-order valence-electron chi connectivity index (χ0n) is 17.5. The molecule has 0 N–H and O–H groups in total. The highest BCUT2D eigenvalue weighted by molar-refractivity contribution is 7.92. The van der Waals surface area contributed by atoms with Crippen molar-refractivity contribution in [3.8, 4) is 17.2 Å². The highest BCUT2D eigenvalue weighted by Gasteiger charge is 2.27. The van der Waals surface area contributed by atoms with Gasteiger partial charge in [0, 0.05) is 12.1 Å². The Labute approximate surface area is 177 Å². The molecule has 0 aliphatic heterocycles. The lowest BCUT2D eigenvalue weighted by Crippen LogP contribution is -2.30. The smallest absolute Gasteiger partial charge is 0.264 e. The maximum absolute atomic E-state index is 13.6. The number of aryl methyl sites for hydroxylation is 1. The van der Waals surface area contributed by atoms with Crippen molar-refractivity contribution in [3.05, 3.63) is 77.9 Å². The minimum absolute atomic E-state index is 0.148. The lowest BCUT2D eigenvalue weighted by Gasteiger charge is -2.26. The van der Waals surface area contributed by atoms with E-state index in [2.05, 4.69) is 0 Å². The topological polar surface area (TPSA) is 65.1 Å². The number of anilines is 1. The number of methoxy groups -OCH3 is 3. The molecule has 0 bridgehead atoms. The monoisotopic (exact) mass is 427 g/mol. The lowest BCUT2D eigenvalue weighted by atomic mass is 10.2. The van der Waals surface area contributed by atoms with E-state index in [4.69, 9.17) is 14.2 Å². The number of sulfonamides is 1. The summed E-state index contributed by atoms with van der Waals surface area (Å²) in [6.07, 6.45) is 0. The molecule has 0 saturated carbocycles. The molecule has 7 heteroatoms. The lowest BCUT2D eigenvalue weighted by molar-refractivity contribution is 0.324. The SMILES string of the molecule is COc1cc(N(Cc2ccccc2)S(=O)(=O)c2ccc(C)cc2)cc(OC)c1OC. The molecule has 0 heterocycles. The van der Waals surface area contributed by atoms with Crippen LogP contribution in [0.2, 0.25) is 0 Å². The van der Waals surface area contributed by atoms with E-state index in [1.54, 1.807) is 36.4 Å². The van der Waals surface area contributed by atoms with Gasteiger partial charge in [-0.25, -0.2) is 8.42 Å². The third-order valence-corrected chi connectivity index (χ3v) is 6.50.